The fourth-order valence-corrected chi connectivity index (χ4v) is 2.37. The summed E-state index contributed by atoms with van der Waals surface area (Å²) in [4.78, 5) is 11.5. The second-order valence-electron chi connectivity index (χ2n) is 4.90. The lowest BCUT2D eigenvalue weighted by molar-refractivity contribution is -0.125. The Kier molecular flexibility index (Phi) is 10.1. The summed E-state index contributed by atoms with van der Waals surface area (Å²) in [6.45, 7) is 4.67. The van der Waals surface area contributed by atoms with Crippen LogP contribution in [-0.2, 0) is 4.79 Å². The third-order valence-corrected chi connectivity index (χ3v) is 3.85. The number of rotatable bonds is 8. The van der Waals surface area contributed by atoms with Gasteiger partial charge in [0.15, 0.2) is 0 Å². The zero-order chi connectivity index (χ0) is 15.0. The second-order valence-corrected chi connectivity index (χ2v) is 7.04. The molecule has 120 valence electrons. The van der Waals surface area contributed by atoms with E-state index in [9.17, 15) is 4.79 Å². The number of halogens is 2. The summed E-state index contributed by atoms with van der Waals surface area (Å²) in [5.74, 6) is 2.47. The van der Waals surface area contributed by atoms with Gasteiger partial charge in [0.2, 0.25) is 5.91 Å². The van der Waals surface area contributed by atoms with Gasteiger partial charge >= 0.3 is 0 Å². The normalized spacial score (nSPS) is 10.7. The third-order valence-electron chi connectivity index (χ3n) is 2.41. The van der Waals surface area contributed by atoms with E-state index < -0.39 is 5.54 Å². The summed E-state index contributed by atoms with van der Waals surface area (Å²) in [5.41, 5.74) is 4.86. The number of hydrogen-bond acceptors (Lipinski definition) is 4. The van der Waals surface area contributed by atoms with Crippen molar-refractivity contribution in [3.63, 3.8) is 0 Å². The summed E-state index contributed by atoms with van der Waals surface area (Å²) in [7, 11) is 0. The number of hydrogen-bond donors (Lipinski definition) is 2. The number of nitrogens with one attached hydrogen (secondary N) is 1. The van der Waals surface area contributed by atoms with E-state index in [1.54, 1.807) is 25.6 Å². The van der Waals surface area contributed by atoms with Crippen molar-refractivity contribution >= 4 is 46.0 Å². The molecular formula is C14H22BrClN2O2S. The molecule has 0 aliphatic carbocycles. The van der Waals surface area contributed by atoms with Gasteiger partial charge in [-0.3, -0.25) is 4.79 Å². The molecule has 4 nitrogen and oxygen atoms in total. The van der Waals surface area contributed by atoms with Crippen molar-refractivity contribution in [1.82, 2.24) is 5.32 Å². The van der Waals surface area contributed by atoms with Crippen molar-refractivity contribution in [3.05, 3.63) is 28.7 Å². The number of thioether (sulfide) groups is 1. The maximum Gasteiger partial charge on any atom is 0.239 e. The predicted molar refractivity (Wildman–Crippen MR) is 95.5 cm³/mol. The Bertz CT molecular complexity index is 441. The molecule has 0 aromatic heterocycles. The minimum absolute atomic E-state index is 0. The summed E-state index contributed by atoms with van der Waals surface area (Å²) < 4.78 is 6.62. The smallest absolute Gasteiger partial charge is 0.239 e. The lowest BCUT2D eigenvalue weighted by Gasteiger charge is -2.17. The predicted octanol–water partition coefficient (Wildman–Crippen LogP) is 2.84. The van der Waals surface area contributed by atoms with Crippen molar-refractivity contribution in [2.75, 3.05) is 24.7 Å². The van der Waals surface area contributed by atoms with Crippen LogP contribution in [0.1, 0.15) is 13.8 Å². The molecule has 0 heterocycles. The molecule has 0 unspecified atom stereocenters. The van der Waals surface area contributed by atoms with Crippen LogP contribution in [0.3, 0.4) is 0 Å². The van der Waals surface area contributed by atoms with Gasteiger partial charge in [0.1, 0.15) is 5.75 Å². The van der Waals surface area contributed by atoms with Gasteiger partial charge in [0.25, 0.3) is 0 Å². The Hall–Kier alpha value is -0.430. The Labute approximate surface area is 145 Å². The molecule has 0 bridgehead atoms. The Morgan fingerprint density at radius 1 is 1.43 bits per heavy atom. The molecule has 0 saturated heterocycles. The molecule has 0 radical (unpaired) electrons. The SMILES string of the molecule is CC(C)(N)C(=O)NCCSCCOc1cccc(Br)c1.Cl. The quantitative estimate of drug-likeness (QED) is 0.662. The monoisotopic (exact) mass is 396 g/mol. The number of carbonyl (C=O) groups excluding carboxylic acids is 1. The molecule has 1 aromatic rings. The van der Waals surface area contributed by atoms with Crippen LogP contribution in [-0.4, -0.2) is 36.1 Å². The molecule has 0 spiro atoms. The standard InChI is InChI=1S/C14H21BrN2O2S.ClH/c1-14(2,16)13(18)17-6-8-20-9-7-19-12-5-3-4-11(15)10-12;/h3-5,10H,6-9,16H2,1-2H3,(H,17,18);1H. The number of nitrogens with two attached hydrogens (primary N) is 1. The van der Waals surface area contributed by atoms with E-state index in [0.29, 0.717) is 13.2 Å². The number of ether oxygens (including phenoxy) is 1. The van der Waals surface area contributed by atoms with Gasteiger partial charge in [-0.1, -0.05) is 22.0 Å². The molecule has 1 aromatic carbocycles. The Balaban J connectivity index is 0.00000400. The highest BCUT2D eigenvalue weighted by Gasteiger charge is 2.20. The van der Waals surface area contributed by atoms with E-state index in [4.69, 9.17) is 10.5 Å². The van der Waals surface area contributed by atoms with Crippen LogP contribution >= 0.6 is 40.1 Å². The molecule has 3 N–H and O–H groups in total. The van der Waals surface area contributed by atoms with Crippen molar-refractivity contribution in [2.24, 2.45) is 5.73 Å². The van der Waals surface area contributed by atoms with E-state index in [2.05, 4.69) is 21.2 Å². The van der Waals surface area contributed by atoms with Gasteiger partial charge < -0.3 is 15.8 Å². The van der Waals surface area contributed by atoms with Gasteiger partial charge in [0, 0.05) is 22.5 Å². The van der Waals surface area contributed by atoms with Crippen LogP contribution in [0.2, 0.25) is 0 Å². The molecule has 1 rings (SSSR count). The fourth-order valence-electron chi connectivity index (χ4n) is 1.34. The van der Waals surface area contributed by atoms with Crippen LogP contribution in [0.4, 0.5) is 0 Å². The number of amides is 1. The highest BCUT2D eigenvalue weighted by Crippen LogP contribution is 2.17. The maximum absolute atomic E-state index is 11.5. The number of carbonyl (C=O) groups is 1. The van der Waals surface area contributed by atoms with Crippen LogP contribution < -0.4 is 15.8 Å². The molecule has 0 aliphatic rings. The second kappa shape index (κ2) is 10.3. The van der Waals surface area contributed by atoms with E-state index in [1.807, 2.05) is 24.3 Å². The van der Waals surface area contributed by atoms with Gasteiger partial charge in [-0.2, -0.15) is 11.8 Å². The Morgan fingerprint density at radius 2 is 2.14 bits per heavy atom. The minimum Gasteiger partial charge on any atom is -0.493 e. The molecular weight excluding hydrogens is 376 g/mol. The van der Waals surface area contributed by atoms with Gasteiger partial charge in [0.05, 0.1) is 12.1 Å². The summed E-state index contributed by atoms with van der Waals surface area (Å²) in [6, 6.07) is 7.77. The first-order valence-corrected chi connectivity index (χ1v) is 8.37. The van der Waals surface area contributed by atoms with Crippen LogP contribution in [0.15, 0.2) is 28.7 Å². The van der Waals surface area contributed by atoms with Crippen molar-refractivity contribution in [2.45, 2.75) is 19.4 Å². The molecule has 0 saturated carbocycles. The summed E-state index contributed by atoms with van der Waals surface area (Å²) in [5, 5.41) is 2.81. The summed E-state index contributed by atoms with van der Waals surface area (Å²) in [6.07, 6.45) is 0. The highest BCUT2D eigenvalue weighted by molar-refractivity contribution is 9.10. The zero-order valence-electron chi connectivity index (χ0n) is 12.2. The summed E-state index contributed by atoms with van der Waals surface area (Å²) >= 11 is 5.14. The first-order chi connectivity index (χ1) is 9.39. The van der Waals surface area contributed by atoms with Crippen LogP contribution in [0, 0.1) is 0 Å². The van der Waals surface area contributed by atoms with E-state index in [1.165, 1.54) is 0 Å². The topological polar surface area (TPSA) is 64.4 Å². The molecule has 0 aliphatic heterocycles. The van der Waals surface area contributed by atoms with Gasteiger partial charge in [-0.05, 0) is 32.0 Å². The van der Waals surface area contributed by atoms with Crippen molar-refractivity contribution in [1.29, 1.82) is 0 Å². The van der Waals surface area contributed by atoms with Crippen LogP contribution in [0.5, 0.6) is 5.75 Å². The van der Waals surface area contributed by atoms with Crippen LogP contribution in [0.25, 0.3) is 0 Å². The molecule has 0 fully saturated rings. The average molecular weight is 398 g/mol. The zero-order valence-corrected chi connectivity index (χ0v) is 15.4. The van der Waals surface area contributed by atoms with E-state index >= 15 is 0 Å². The Morgan fingerprint density at radius 3 is 2.76 bits per heavy atom. The molecule has 1 amide bonds. The minimum atomic E-state index is -0.811. The molecule has 0 atom stereocenters. The largest absolute Gasteiger partial charge is 0.493 e. The highest BCUT2D eigenvalue weighted by atomic mass is 79.9. The van der Waals surface area contributed by atoms with Crippen molar-refractivity contribution in [3.8, 4) is 5.75 Å². The number of benzene rings is 1. The molecule has 7 heteroatoms. The fraction of sp³-hybridized carbons (Fsp3) is 0.500. The lowest BCUT2D eigenvalue weighted by Crippen LogP contribution is -2.49. The first-order valence-electron chi connectivity index (χ1n) is 6.43. The van der Waals surface area contributed by atoms with Gasteiger partial charge in [-0.15, -0.1) is 12.4 Å². The lowest BCUT2D eigenvalue weighted by atomic mass is 10.1. The first kappa shape index (κ1) is 20.6. The molecule has 21 heavy (non-hydrogen) atoms. The maximum atomic E-state index is 11.5. The third kappa shape index (κ3) is 9.24. The van der Waals surface area contributed by atoms with Gasteiger partial charge in [-0.25, -0.2) is 0 Å². The average Bonchev–Trinajstić information content (AvgIpc) is 2.36. The van der Waals surface area contributed by atoms with E-state index in [0.717, 1.165) is 21.7 Å². The van der Waals surface area contributed by atoms with Crippen molar-refractivity contribution < 1.29 is 9.53 Å². The van der Waals surface area contributed by atoms with E-state index in [-0.39, 0.29) is 18.3 Å².